The standard InChI is InChI=1S/C26H26O4/c1-19(26(27)28)23-14-7-6-12-22(23)13-8-11-20-15-16-24(25(17-20)29-2)30-18-21-9-4-3-5-10-21/h3-7,9-10,12,14-17H,1,8,11,13,18H2,2H3,(H,27,28). The molecule has 0 saturated carbocycles. The lowest BCUT2D eigenvalue weighted by atomic mass is 9.96. The third kappa shape index (κ3) is 5.51. The average molecular weight is 402 g/mol. The minimum atomic E-state index is -0.988. The Bertz CT molecular complexity index is 1010. The number of carboxylic acids is 1. The maximum atomic E-state index is 11.3. The first-order valence-electron chi connectivity index (χ1n) is 9.92. The van der Waals surface area contributed by atoms with Crippen LogP contribution in [0.5, 0.6) is 11.5 Å². The Morgan fingerprint density at radius 1 is 0.900 bits per heavy atom. The Hall–Kier alpha value is -3.53. The zero-order valence-electron chi connectivity index (χ0n) is 17.1. The van der Waals surface area contributed by atoms with Gasteiger partial charge in [0.2, 0.25) is 0 Å². The molecular formula is C26H26O4. The highest BCUT2D eigenvalue weighted by Crippen LogP contribution is 2.29. The predicted molar refractivity (Wildman–Crippen MR) is 119 cm³/mol. The van der Waals surface area contributed by atoms with Crippen molar-refractivity contribution in [1.29, 1.82) is 0 Å². The van der Waals surface area contributed by atoms with Gasteiger partial charge < -0.3 is 14.6 Å². The number of hydrogen-bond donors (Lipinski definition) is 1. The zero-order valence-corrected chi connectivity index (χ0v) is 17.1. The number of carboxylic acid groups (broad SMARTS) is 1. The molecule has 0 aliphatic rings. The van der Waals surface area contributed by atoms with Crippen LogP contribution in [0.25, 0.3) is 5.57 Å². The van der Waals surface area contributed by atoms with Crippen molar-refractivity contribution in [2.75, 3.05) is 7.11 Å². The van der Waals surface area contributed by atoms with Crippen LogP contribution in [0.15, 0.2) is 79.4 Å². The molecule has 4 nitrogen and oxygen atoms in total. The van der Waals surface area contributed by atoms with Crippen LogP contribution in [0.1, 0.15) is 28.7 Å². The fraction of sp³-hybridized carbons (Fsp3) is 0.192. The SMILES string of the molecule is C=C(C(=O)O)c1ccccc1CCCc1ccc(OCc2ccccc2)c(OC)c1. The molecule has 0 unspecified atom stereocenters. The van der Waals surface area contributed by atoms with E-state index in [-0.39, 0.29) is 5.57 Å². The molecule has 0 fully saturated rings. The van der Waals surface area contributed by atoms with Crippen LogP contribution in [-0.4, -0.2) is 18.2 Å². The summed E-state index contributed by atoms with van der Waals surface area (Å²) in [7, 11) is 1.64. The van der Waals surface area contributed by atoms with Crippen molar-refractivity contribution in [2.24, 2.45) is 0 Å². The molecule has 0 amide bonds. The molecule has 0 aromatic heterocycles. The molecule has 0 saturated heterocycles. The molecule has 0 aliphatic heterocycles. The van der Waals surface area contributed by atoms with Crippen molar-refractivity contribution >= 4 is 11.5 Å². The second-order valence-electron chi connectivity index (χ2n) is 7.05. The molecule has 3 aromatic rings. The minimum absolute atomic E-state index is 0.132. The number of hydrogen-bond acceptors (Lipinski definition) is 3. The van der Waals surface area contributed by atoms with Gasteiger partial charge in [-0.25, -0.2) is 4.79 Å². The molecule has 0 heterocycles. The lowest BCUT2D eigenvalue weighted by Crippen LogP contribution is -2.02. The van der Waals surface area contributed by atoms with Crippen LogP contribution < -0.4 is 9.47 Å². The summed E-state index contributed by atoms with van der Waals surface area (Å²) in [5, 5.41) is 9.24. The van der Waals surface area contributed by atoms with E-state index in [1.807, 2.05) is 72.8 Å². The normalized spacial score (nSPS) is 10.4. The Morgan fingerprint density at radius 2 is 1.63 bits per heavy atom. The van der Waals surface area contributed by atoms with Crippen molar-refractivity contribution in [1.82, 2.24) is 0 Å². The van der Waals surface area contributed by atoms with Crippen molar-refractivity contribution < 1.29 is 19.4 Å². The van der Waals surface area contributed by atoms with Gasteiger partial charge in [-0.3, -0.25) is 0 Å². The van der Waals surface area contributed by atoms with Crippen LogP contribution in [0, 0.1) is 0 Å². The molecule has 0 radical (unpaired) electrons. The second kappa shape index (κ2) is 10.3. The Morgan fingerprint density at radius 3 is 2.37 bits per heavy atom. The summed E-state index contributed by atoms with van der Waals surface area (Å²) < 4.78 is 11.4. The summed E-state index contributed by atoms with van der Waals surface area (Å²) >= 11 is 0. The number of carbonyl (C=O) groups is 1. The van der Waals surface area contributed by atoms with Gasteiger partial charge in [0.25, 0.3) is 0 Å². The van der Waals surface area contributed by atoms with E-state index >= 15 is 0 Å². The number of ether oxygens (including phenoxy) is 2. The van der Waals surface area contributed by atoms with E-state index in [2.05, 4.69) is 6.58 Å². The molecule has 0 spiro atoms. The molecule has 4 heteroatoms. The maximum Gasteiger partial charge on any atom is 0.335 e. The van der Waals surface area contributed by atoms with Crippen molar-refractivity contribution in [2.45, 2.75) is 25.9 Å². The fourth-order valence-corrected chi connectivity index (χ4v) is 3.35. The third-order valence-electron chi connectivity index (χ3n) is 4.98. The highest BCUT2D eigenvalue weighted by molar-refractivity contribution is 6.14. The Kier molecular flexibility index (Phi) is 7.28. The largest absolute Gasteiger partial charge is 0.493 e. The zero-order chi connectivity index (χ0) is 21.3. The van der Waals surface area contributed by atoms with Crippen LogP contribution in [0.4, 0.5) is 0 Å². The average Bonchev–Trinajstić information content (AvgIpc) is 2.78. The molecule has 154 valence electrons. The second-order valence-corrected chi connectivity index (χ2v) is 7.05. The van der Waals surface area contributed by atoms with Crippen molar-refractivity contribution in [3.63, 3.8) is 0 Å². The van der Waals surface area contributed by atoms with Gasteiger partial charge in [0, 0.05) is 0 Å². The molecule has 1 N–H and O–H groups in total. The topological polar surface area (TPSA) is 55.8 Å². The van der Waals surface area contributed by atoms with Gasteiger partial charge in [0.1, 0.15) is 6.61 Å². The molecule has 3 aromatic carbocycles. The van der Waals surface area contributed by atoms with Gasteiger partial charge in [-0.15, -0.1) is 0 Å². The van der Waals surface area contributed by atoms with Crippen LogP contribution >= 0.6 is 0 Å². The van der Waals surface area contributed by atoms with Gasteiger partial charge in [0.15, 0.2) is 11.5 Å². The first kappa shape index (κ1) is 21.2. The maximum absolute atomic E-state index is 11.3. The van der Waals surface area contributed by atoms with Crippen LogP contribution in [0.3, 0.4) is 0 Å². The highest BCUT2D eigenvalue weighted by atomic mass is 16.5. The first-order chi connectivity index (χ1) is 14.6. The van der Waals surface area contributed by atoms with Gasteiger partial charge in [-0.05, 0) is 53.6 Å². The number of aryl methyl sites for hydroxylation is 2. The van der Waals surface area contributed by atoms with Crippen molar-refractivity contribution in [3.05, 3.63) is 102 Å². The van der Waals surface area contributed by atoms with E-state index in [9.17, 15) is 9.90 Å². The lowest BCUT2D eigenvalue weighted by molar-refractivity contribution is -0.130. The smallest absolute Gasteiger partial charge is 0.335 e. The lowest BCUT2D eigenvalue weighted by Gasteiger charge is -2.13. The van der Waals surface area contributed by atoms with Crippen LogP contribution in [-0.2, 0) is 24.2 Å². The van der Waals surface area contributed by atoms with E-state index in [1.165, 1.54) is 0 Å². The molecule has 30 heavy (non-hydrogen) atoms. The van der Waals surface area contributed by atoms with E-state index in [1.54, 1.807) is 7.11 Å². The number of benzene rings is 3. The van der Waals surface area contributed by atoms with Gasteiger partial charge in [-0.1, -0.05) is 67.2 Å². The number of aliphatic carboxylic acids is 1. The first-order valence-corrected chi connectivity index (χ1v) is 9.92. The number of rotatable bonds is 10. The Labute approximate surface area is 177 Å². The molecule has 3 rings (SSSR count). The van der Waals surface area contributed by atoms with Gasteiger partial charge in [-0.2, -0.15) is 0 Å². The summed E-state index contributed by atoms with van der Waals surface area (Å²) in [5.74, 6) is 0.439. The summed E-state index contributed by atoms with van der Waals surface area (Å²) in [5.41, 5.74) is 4.08. The monoisotopic (exact) mass is 402 g/mol. The van der Waals surface area contributed by atoms with E-state index in [4.69, 9.17) is 9.47 Å². The van der Waals surface area contributed by atoms with Gasteiger partial charge in [0.05, 0.1) is 12.7 Å². The minimum Gasteiger partial charge on any atom is -0.493 e. The number of methoxy groups -OCH3 is 1. The third-order valence-corrected chi connectivity index (χ3v) is 4.98. The van der Waals surface area contributed by atoms with Gasteiger partial charge >= 0.3 is 5.97 Å². The molecule has 0 aliphatic carbocycles. The summed E-state index contributed by atoms with van der Waals surface area (Å²) in [4.78, 5) is 11.3. The molecule has 0 bridgehead atoms. The summed E-state index contributed by atoms with van der Waals surface area (Å²) in [6.45, 7) is 4.18. The highest BCUT2D eigenvalue weighted by Gasteiger charge is 2.12. The fourth-order valence-electron chi connectivity index (χ4n) is 3.35. The molecule has 0 atom stereocenters. The van der Waals surface area contributed by atoms with Crippen molar-refractivity contribution in [3.8, 4) is 11.5 Å². The van der Waals surface area contributed by atoms with E-state index in [0.717, 1.165) is 36.0 Å². The van der Waals surface area contributed by atoms with Crippen LogP contribution in [0.2, 0.25) is 0 Å². The summed E-state index contributed by atoms with van der Waals surface area (Å²) in [6.07, 6.45) is 2.51. The quantitative estimate of drug-likeness (QED) is 0.452. The molecular weight excluding hydrogens is 376 g/mol. The Balaban J connectivity index is 1.61. The summed E-state index contributed by atoms with van der Waals surface area (Å²) in [6, 6.07) is 23.5. The van der Waals surface area contributed by atoms with E-state index < -0.39 is 5.97 Å². The predicted octanol–water partition coefficient (Wildman–Crippen LogP) is 5.55. The van der Waals surface area contributed by atoms with E-state index in [0.29, 0.717) is 23.7 Å².